The third-order valence-corrected chi connectivity index (χ3v) is 6.25. The van der Waals surface area contributed by atoms with Crippen molar-refractivity contribution in [2.24, 2.45) is 0 Å². The van der Waals surface area contributed by atoms with Gasteiger partial charge in [0.25, 0.3) is 5.91 Å². The highest BCUT2D eigenvalue weighted by atomic mass is 19.4. The van der Waals surface area contributed by atoms with Gasteiger partial charge in [-0.15, -0.1) is 0 Å². The molecular formula is C24H14F8N6O3. The van der Waals surface area contributed by atoms with Gasteiger partial charge in [-0.05, 0) is 18.6 Å². The van der Waals surface area contributed by atoms with Crippen molar-refractivity contribution in [3.05, 3.63) is 59.7 Å². The molecule has 1 aliphatic rings. The van der Waals surface area contributed by atoms with Gasteiger partial charge in [0.05, 0.1) is 11.4 Å². The molecule has 0 radical (unpaired) electrons. The fraction of sp³-hybridized carbons (Fsp3) is 0.208. The number of halogens is 8. The molecule has 1 amide bonds. The Morgan fingerprint density at radius 1 is 0.976 bits per heavy atom. The number of ether oxygens (including phenoxy) is 1. The van der Waals surface area contributed by atoms with E-state index in [4.69, 9.17) is 10.5 Å². The van der Waals surface area contributed by atoms with Crippen molar-refractivity contribution in [2.45, 2.75) is 18.6 Å². The molecule has 1 aliphatic heterocycles. The number of carbonyl (C=O) groups excluding carboxylic acids is 2. The van der Waals surface area contributed by atoms with Crippen LogP contribution in [0.4, 0.5) is 40.9 Å². The van der Waals surface area contributed by atoms with Gasteiger partial charge in [0, 0.05) is 30.8 Å². The van der Waals surface area contributed by atoms with Gasteiger partial charge < -0.3 is 15.4 Å². The van der Waals surface area contributed by atoms with Gasteiger partial charge in [0.2, 0.25) is 17.4 Å². The van der Waals surface area contributed by atoms with Gasteiger partial charge in [-0.2, -0.15) is 27.1 Å². The van der Waals surface area contributed by atoms with E-state index in [0.29, 0.717) is 11.0 Å². The number of fused-ring (bicyclic) bond motifs is 1. The van der Waals surface area contributed by atoms with Crippen LogP contribution in [0.3, 0.4) is 0 Å². The van der Waals surface area contributed by atoms with Gasteiger partial charge in [0.1, 0.15) is 29.4 Å². The SMILES string of the molecule is Nc1ncnc2c1c(-c1ccc(Oc3c(F)c(F)cc(F)c3F)cc1F)nn2[C@@H]1CCN(C(=O)C(=O)C(F)(F)F)C1. The molecule has 9 nitrogen and oxygen atoms in total. The van der Waals surface area contributed by atoms with Crippen LogP contribution in [0.25, 0.3) is 22.3 Å². The van der Waals surface area contributed by atoms with E-state index in [1.165, 1.54) is 4.68 Å². The fourth-order valence-corrected chi connectivity index (χ4v) is 4.34. The second-order valence-corrected chi connectivity index (χ2v) is 8.81. The molecule has 1 atom stereocenters. The maximum absolute atomic E-state index is 15.3. The Morgan fingerprint density at radius 3 is 2.29 bits per heavy atom. The summed E-state index contributed by atoms with van der Waals surface area (Å²) in [4.78, 5) is 32.0. The Labute approximate surface area is 223 Å². The zero-order valence-electron chi connectivity index (χ0n) is 20.1. The molecule has 3 heterocycles. The van der Waals surface area contributed by atoms with Crippen molar-refractivity contribution in [3.63, 3.8) is 0 Å². The van der Waals surface area contributed by atoms with E-state index in [0.717, 1.165) is 18.5 Å². The van der Waals surface area contributed by atoms with E-state index in [-0.39, 0.29) is 53.7 Å². The summed E-state index contributed by atoms with van der Waals surface area (Å²) in [7, 11) is 0. The Bertz CT molecular complexity index is 1700. The fourth-order valence-electron chi connectivity index (χ4n) is 4.34. The number of hydrogen-bond acceptors (Lipinski definition) is 7. The lowest BCUT2D eigenvalue weighted by atomic mass is 10.1. The van der Waals surface area contributed by atoms with Crippen LogP contribution in [0.15, 0.2) is 30.6 Å². The lowest BCUT2D eigenvalue weighted by Gasteiger charge is -2.16. The first-order valence-corrected chi connectivity index (χ1v) is 11.5. The van der Waals surface area contributed by atoms with Gasteiger partial charge >= 0.3 is 12.0 Å². The average molecular weight is 586 g/mol. The van der Waals surface area contributed by atoms with Crippen LogP contribution in [0.5, 0.6) is 11.5 Å². The van der Waals surface area contributed by atoms with Gasteiger partial charge in [0.15, 0.2) is 17.3 Å². The number of amides is 1. The van der Waals surface area contributed by atoms with Crippen LogP contribution < -0.4 is 10.5 Å². The molecular weight excluding hydrogens is 572 g/mol. The number of nitrogen functional groups attached to an aromatic ring is 1. The summed E-state index contributed by atoms with van der Waals surface area (Å²) in [6.45, 7) is -0.561. The van der Waals surface area contributed by atoms with Gasteiger partial charge in [-0.25, -0.2) is 27.8 Å². The molecule has 4 aromatic rings. The van der Waals surface area contributed by atoms with Crippen LogP contribution in [-0.4, -0.2) is 55.6 Å². The number of nitrogens with zero attached hydrogens (tertiary/aromatic N) is 5. The summed E-state index contributed by atoms with van der Waals surface area (Å²) in [5.41, 5.74) is 5.61. The Hall–Kier alpha value is -4.83. The number of rotatable bonds is 5. The van der Waals surface area contributed by atoms with E-state index in [2.05, 4.69) is 15.1 Å². The molecule has 0 bridgehead atoms. The van der Waals surface area contributed by atoms with E-state index >= 15 is 4.39 Å². The summed E-state index contributed by atoms with van der Waals surface area (Å²) in [5.74, 6) is -14.7. The number of ketones is 1. The Morgan fingerprint density at radius 2 is 1.66 bits per heavy atom. The standard InChI is InChI=1S/C24H14F8N6O3/c25-12-5-10(41-19-16(28)13(26)6-14(27)17(19)29)1-2-11(12)18-15-21(33)34-8-35-22(15)38(36-18)9-3-4-37(7-9)23(40)20(39)24(30,31)32/h1-2,5-6,8-9H,3-4,7H2,(H2,33,34,35)/t9-/m1/s1. The second kappa shape index (κ2) is 9.97. The number of hydrogen-bond donors (Lipinski definition) is 1. The molecule has 0 aliphatic carbocycles. The van der Waals surface area contributed by atoms with E-state index < -0.39 is 64.5 Å². The molecule has 0 unspecified atom stereocenters. The molecule has 17 heteroatoms. The highest BCUT2D eigenvalue weighted by molar-refractivity contribution is 6.38. The van der Waals surface area contributed by atoms with Crippen molar-refractivity contribution < 1.29 is 49.4 Å². The number of anilines is 1. The number of aromatic nitrogens is 4. The predicted octanol–water partition coefficient (Wildman–Crippen LogP) is 4.47. The maximum Gasteiger partial charge on any atom is 0.460 e. The number of carbonyl (C=O) groups is 2. The summed E-state index contributed by atoms with van der Waals surface area (Å²) in [6, 6.07) is 1.92. The lowest BCUT2D eigenvalue weighted by molar-refractivity contribution is -0.178. The molecule has 0 saturated carbocycles. The van der Waals surface area contributed by atoms with Crippen molar-refractivity contribution in [1.82, 2.24) is 24.6 Å². The van der Waals surface area contributed by atoms with Crippen LogP contribution in [-0.2, 0) is 9.59 Å². The number of Topliss-reactive ketones (excluding diaryl/α,β-unsaturated/α-hetero) is 1. The number of benzene rings is 2. The Balaban J connectivity index is 1.49. The maximum atomic E-state index is 15.3. The molecule has 2 aromatic heterocycles. The largest absolute Gasteiger partial charge is 0.460 e. The van der Waals surface area contributed by atoms with Crippen LogP contribution in [0.1, 0.15) is 12.5 Å². The quantitative estimate of drug-likeness (QED) is 0.209. The molecule has 2 aromatic carbocycles. The molecule has 1 saturated heterocycles. The average Bonchev–Trinajstić information content (AvgIpc) is 3.55. The van der Waals surface area contributed by atoms with E-state index in [1.54, 1.807) is 0 Å². The summed E-state index contributed by atoms with van der Waals surface area (Å²) < 4.78 is 114. The van der Waals surface area contributed by atoms with Gasteiger partial charge in [-0.1, -0.05) is 0 Å². The van der Waals surface area contributed by atoms with Crippen molar-refractivity contribution in [3.8, 4) is 22.8 Å². The minimum Gasteiger partial charge on any atom is -0.451 e. The molecule has 2 N–H and O–H groups in total. The molecule has 0 spiro atoms. The number of nitrogens with two attached hydrogens (primary N) is 1. The van der Waals surface area contributed by atoms with Crippen molar-refractivity contribution >= 4 is 28.5 Å². The van der Waals surface area contributed by atoms with E-state index in [1.807, 2.05) is 0 Å². The van der Waals surface area contributed by atoms with Crippen LogP contribution in [0.2, 0.25) is 0 Å². The van der Waals surface area contributed by atoms with Crippen LogP contribution in [0, 0.1) is 29.1 Å². The van der Waals surface area contributed by atoms with Crippen molar-refractivity contribution in [1.29, 1.82) is 0 Å². The van der Waals surface area contributed by atoms with Crippen molar-refractivity contribution in [2.75, 3.05) is 18.8 Å². The molecule has 5 rings (SSSR count). The van der Waals surface area contributed by atoms with Gasteiger partial charge in [-0.3, -0.25) is 9.59 Å². The Kier molecular flexibility index (Phi) is 6.74. The summed E-state index contributed by atoms with van der Waals surface area (Å²) >= 11 is 0. The zero-order valence-corrected chi connectivity index (χ0v) is 20.1. The predicted molar refractivity (Wildman–Crippen MR) is 123 cm³/mol. The monoisotopic (exact) mass is 586 g/mol. The first kappa shape index (κ1) is 27.7. The number of likely N-dealkylation sites (tertiary alicyclic amines) is 1. The smallest absolute Gasteiger partial charge is 0.451 e. The van der Waals surface area contributed by atoms with Crippen LogP contribution >= 0.6 is 0 Å². The minimum atomic E-state index is -5.35. The minimum absolute atomic E-state index is 0.0250. The normalized spacial score (nSPS) is 15.5. The summed E-state index contributed by atoms with van der Waals surface area (Å²) in [6.07, 6.45) is -4.23. The summed E-state index contributed by atoms with van der Waals surface area (Å²) in [5, 5.41) is 4.33. The molecule has 1 fully saturated rings. The zero-order chi connectivity index (χ0) is 29.8. The third-order valence-electron chi connectivity index (χ3n) is 6.25. The highest BCUT2D eigenvalue weighted by Crippen LogP contribution is 2.37. The topological polar surface area (TPSA) is 116 Å². The highest BCUT2D eigenvalue weighted by Gasteiger charge is 2.46. The second-order valence-electron chi connectivity index (χ2n) is 8.81. The number of alkyl halides is 3. The van der Waals surface area contributed by atoms with E-state index in [9.17, 15) is 40.3 Å². The third kappa shape index (κ3) is 4.87. The first-order chi connectivity index (χ1) is 19.3. The molecule has 214 valence electrons. The molecule has 41 heavy (non-hydrogen) atoms. The first-order valence-electron chi connectivity index (χ1n) is 11.5. The lowest BCUT2D eigenvalue weighted by Crippen LogP contribution is -2.42.